The maximum atomic E-state index is 13.0. The zero-order chi connectivity index (χ0) is 27.4. The molecule has 0 unspecified atom stereocenters. The molecule has 0 saturated heterocycles. The SMILES string of the molecule is Nc1nc(Cl)nc2c1c(-c1ccccc1)cn2[C@@H]1C[C@H](CNCCCNCCc2ccc(F)cc2)[C@@H](O)[C@H]1O. The highest BCUT2D eigenvalue weighted by Crippen LogP contribution is 2.41. The molecule has 6 N–H and O–H groups in total. The summed E-state index contributed by atoms with van der Waals surface area (Å²) < 4.78 is 14.9. The van der Waals surface area contributed by atoms with Gasteiger partial charge in [-0.3, -0.25) is 0 Å². The van der Waals surface area contributed by atoms with Crippen molar-refractivity contribution in [1.29, 1.82) is 0 Å². The fraction of sp³-hybridized carbons (Fsp3) is 0.379. The predicted octanol–water partition coefficient (Wildman–Crippen LogP) is 3.57. The lowest BCUT2D eigenvalue weighted by molar-refractivity contribution is 0.00695. The lowest BCUT2D eigenvalue weighted by atomic mass is 10.1. The maximum absolute atomic E-state index is 13.0. The Labute approximate surface area is 232 Å². The number of aliphatic hydroxyl groups excluding tert-OH is 2. The third-order valence-corrected chi connectivity index (χ3v) is 7.67. The van der Waals surface area contributed by atoms with Crippen molar-refractivity contribution >= 4 is 28.5 Å². The monoisotopic (exact) mass is 552 g/mol. The molecular weight excluding hydrogens is 519 g/mol. The number of hydrogen-bond donors (Lipinski definition) is 5. The van der Waals surface area contributed by atoms with Gasteiger partial charge in [-0.1, -0.05) is 42.5 Å². The van der Waals surface area contributed by atoms with Crippen molar-refractivity contribution < 1.29 is 14.6 Å². The van der Waals surface area contributed by atoms with Crippen LogP contribution >= 0.6 is 11.6 Å². The Morgan fingerprint density at radius 1 is 0.974 bits per heavy atom. The van der Waals surface area contributed by atoms with Crippen LogP contribution in [0.25, 0.3) is 22.2 Å². The Bertz CT molecular complexity index is 1380. The van der Waals surface area contributed by atoms with Crippen LogP contribution in [0.2, 0.25) is 5.28 Å². The third-order valence-electron chi connectivity index (χ3n) is 7.50. The van der Waals surface area contributed by atoms with Crippen LogP contribution in [0.3, 0.4) is 0 Å². The molecule has 0 spiro atoms. The number of nitrogens with two attached hydrogens (primary N) is 1. The molecule has 2 heterocycles. The van der Waals surface area contributed by atoms with Gasteiger partial charge in [0.05, 0.1) is 17.5 Å². The molecule has 1 fully saturated rings. The molecule has 0 aliphatic heterocycles. The van der Waals surface area contributed by atoms with Gasteiger partial charge in [0.15, 0.2) is 0 Å². The maximum Gasteiger partial charge on any atom is 0.226 e. The second-order valence-corrected chi connectivity index (χ2v) is 10.5. The number of hydrogen-bond acceptors (Lipinski definition) is 7. The summed E-state index contributed by atoms with van der Waals surface area (Å²) in [7, 11) is 0. The molecule has 0 bridgehead atoms. The van der Waals surface area contributed by atoms with E-state index in [-0.39, 0.29) is 28.9 Å². The number of nitrogens with one attached hydrogen (secondary N) is 2. The number of halogens is 2. The van der Waals surface area contributed by atoms with Crippen molar-refractivity contribution in [2.24, 2.45) is 5.92 Å². The highest BCUT2D eigenvalue weighted by molar-refractivity contribution is 6.29. The van der Waals surface area contributed by atoms with Gasteiger partial charge in [0.1, 0.15) is 23.4 Å². The van der Waals surface area contributed by atoms with E-state index < -0.39 is 12.2 Å². The molecule has 0 radical (unpaired) electrons. The van der Waals surface area contributed by atoms with Crippen LogP contribution in [-0.2, 0) is 6.42 Å². The van der Waals surface area contributed by atoms with E-state index in [1.807, 2.05) is 53.2 Å². The minimum absolute atomic E-state index is 0.0384. The van der Waals surface area contributed by atoms with Gasteiger partial charge in [-0.15, -0.1) is 0 Å². The number of anilines is 1. The number of nitrogens with zero attached hydrogens (tertiary/aromatic N) is 3. The number of benzene rings is 2. The first kappa shape index (κ1) is 27.5. The summed E-state index contributed by atoms with van der Waals surface area (Å²) in [6.45, 7) is 3.06. The zero-order valence-corrected chi connectivity index (χ0v) is 22.4. The van der Waals surface area contributed by atoms with Gasteiger partial charge < -0.3 is 31.1 Å². The number of rotatable bonds is 11. The van der Waals surface area contributed by atoms with E-state index in [0.29, 0.717) is 24.0 Å². The Morgan fingerprint density at radius 3 is 2.49 bits per heavy atom. The lowest BCUT2D eigenvalue weighted by Crippen LogP contribution is -2.34. The first-order valence-corrected chi connectivity index (χ1v) is 13.7. The standard InChI is InChI=1S/C29H34ClFN6O2/c30-29-35-27(32)24-22(19-5-2-1-3-6-19)17-37(28(24)36-29)23-15-20(25(38)26(23)39)16-34-13-4-12-33-14-11-18-7-9-21(31)10-8-18/h1-3,5-10,17,20,23,25-26,33-34,38-39H,4,11-16H2,(H2,32,35,36)/t20-,23-,25-,26+/m1/s1. The van der Waals surface area contributed by atoms with Crippen molar-refractivity contribution in [1.82, 2.24) is 25.2 Å². The zero-order valence-electron chi connectivity index (χ0n) is 21.6. The van der Waals surface area contributed by atoms with E-state index in [0.717, 1.165) is 49.2 Å². The average molecular weight is 553 g/mol. The van der Waals surface area contributed by atoms with Crippen LogP contribution in [0.1, 0.15) is 24.4 Å². The minimum Gasteiger partial charge on any atom is -0.390 e. The van der Waals surface area contributed by atoms with E-state index in [1.165, 1.54) is 12.1 Å². The average Bonchev–Trinajstić information content (AvgIpc) is 3.44. The normalized spacial score (nSPS) is 21.1. The van der Waals surface area contributed by atoms with Crippen molar-refractivity contribution in [2.75, 3.05) is 31.9 Å². The van der Waals surface area contributed by atoms with E-state index in [1.54, 1.807) is 0 Å². The number of aromatic nitrogens is 3. The quantitative estimate of drug-likeness (QED) is 0.142. The van der Waals surface area contributed by atoms with Gasteiger partial charge >= 0.3 is 0 Å². The smallest absolute Gasteiger partial charge is 0.226 e. The minimum atomic E-state index is -0.959. The molecule has 4 aromatic rings. The fourth-order valence-electron chi connectivity index (χ4n) is 5.45. The molecular formula is C29H34ClFN6O2. The molecule has 0 amide bonds. The summed E-state index contributed by atoms with van der Waals surface area (Å²) in [5, 5.41) is 29.4. The molecule has 10 heteroatoms. The van der Waals surface area contributed by atoms with Crippen LogP contribution in [-0.4, -0.2) is 63.1 Å². The number of fused-ring (bicyclic) bond motifs is 1. The molecule has 8 nitrogen and oxygen atoms in total. The van der Waals surface area contributed by atoms with Crippen molar-refractivity contribution in [3.63, 3.8) is 0 Å². The molecule has 2 aromatic carbocycles. The fourth-order valence-corrected chi connectivity index (χ4v) is 5.62. The summed E-state index contributed by atoms with van der Waals surface area (Å²) in [6, 6.07) is 16.0. The summed E-state index contributed by atoms with van der Waals surface area (Å²) >= 11 is 6.16. The highest BCUT2D eigenvalue weighted by atomic mass is 35.5. The predicted molar refractivity (Wildman–Crippen MR) is 152 cm³/mol. The van der Waals surface area contributed by atoms with Crippen LogP contribution in [0.5, 0.6) is 0 Å². The van der Waals surface area contributed by atoms with Crippen LogP contribution in [0.15, 0.2) is 60.8 Å². The van der Waals surface area contributed by atoms with Gasteiger partial charge in [0.25, 0.3) is 0 Å². The third kappa shape index (κ3) is 6.23. The summed E-state index contributed by atoms with van der Waals surface area (Å²) in [5.41, 5.74) is 9.73. The molecule has 2 aromatic heterocycles. The van der Waals surface area contributed by atoms with Crippen LogP contribution in [0.4, 0.5) is 10.2 Å². The van der Waals surface area contributed by atoms with Crippen LogP contribution in [0, 0.1) is 11.7 Å². The summed E-state index contributed by atoms with van der Waals surface area (Å²) in [4.78, 5) is 8.60. The Morgan fingerprint density at radius 2 is 1.72 bits per heavy atom. The molecule has 1 aliphatic carbocycles. The molecule has 5 rings (SSSR count). The second kappa shape index (κ2) is 12.4. The molecule has 4 atom stereocenters. The van der Waals surface area contributed by atoms with E-state index in [4.69, 9.17) is 17.3 Å². The Balaban J connectivity index is 1.17. The van der Waals surface area contributed by atoms with Gasteiger partial charge in [-0.25, -0.2) is 9.37 Å². The van der Waals surface area contributed by atoms with E-state index in [9.17, 15) is 14.6 Å². The van der Waals surface area contributed by atoms with Crippen molar-refractivity contribution in [2.45, 2.75) is 37.5 Å². The second-order valence-electron chi connectivity index (χ2n) is 10.1. The van der Waals surface area contributed by atoms with Gasteiger partial charge in [0, 0.05) is 24.2 Å². The number of nitrogen functional groups attached to an aromatic ring is 1. The first-order chi connectivity index (χ1) is 18.9. The van der Waals surface area contributed by atoms with E-state index >= 15 is 0 Å². The summed E-state index contributed by atoms with van der Waals surface area (Å²) in [5.74, 6) is -0.0606. The van der Waals surface area contributed by atoms with E-state index in [2.05, 4.69) is 20.6 Å². The lowest BCUT2D eigenvalue weighted by Gasteiger charge is -2.19. The van der Waals surface area contributed by atoms with Gasteiger partial charge in [0.2, 0.25) is 5.28 Å². The van der Waals surface area contributed by atoms with Crippen molar-refractivity contribution in [3.05, 3.63) is 77.5 Å². The molecule has 1 aliphatic rings. The molecule has 206 valence electrons. The van der Waals surface area contributed by atoms with Gasteiger partial charge in [-0.05, 0) is 73.8 Å². The Kier molecular flexibility index (Phi) is 8.74. The molecule has 1 saturated carbocycles. The topological polar surface area (TPSA) is 121 Å². The van der Waals surface area contributed by atoms with Gasteiger partial charge in [-0.2, -0.15) is 4.98 Å². The summed E-state index contributed by atoms with van der Waals surface area (Å²) in [6.07, 6.45) is 2.45. The largest absolute Gasteiger partial charge is 0.390 e. The highest BCUT2D eigenvalue weighted by Gasteiger charge is 2.43. The molecule has 39 heavy (non-hydrogen) atoms. The number of aliphatic hydroxyl groups is 2. The Hall–Kier alpha value is -3.08. The first-order valence-electron chi connectivity index (χ1n) is 13.3. The van der Waals surface area contributed by atoms with Crippen LogP contribution < -0.4 is 16.4 Å². The van der Waals surface area contributed by atoms with Crippen molar-refractivity contribution in [3.8, 4) is 11.1 Å².